The second-order valence-corrected chi connectivity index (χ2v) is 4.48. The highest BCUT2D eigenvalue weighted by Crippen LogP contribution is 2.24. The van der Waals surface area contributed by atoms with Crippen LogP contribution in [0, 0.1) is 0 Å². The first-order chi connectivity index (χ1) is 8.67. The van der Waals surface area contributed by atoms with Crippen LogP contribution in [0.2, 0.25) is 10.0 Å². The Morgan fingerprint density at radius 3 is 2.39 bits per heavy atom. The average Bonchev–Trinajstić information content (AvgIpc) is 2.28. The number of benzene rings is 1. The SMILES string of the molecule is CCNc1cncc(Nc2cc(Cl)cc(Cl)c2)n1. The lowest BCUT2D eigenvalue weighted by atomic mass is 10.3. The zero-order chi connectivity index (χ0) is 13.0. The Hall–Kier alpha value is -1.52. The summed E-state index contributed by atoms with van der Waals surface area (Å²) in [6.45, 7) is 2.79. The molecule has 0 atom stereocenters. The maximum absolute atomic E-state index is 5.92. The zero-order valence-corrected chi connectivity index (χ0v) is 11.3. The average molecular weight is 283 g/mol. The predicted octanol–water partition coefficient (Wildman–Crippen LogP) is 3.96. The molecule has 94 valence electrons. The van der Waals surface area contributed by atoms with Gasteiger partial charge in [-0.15, -0.1) is 0 Å². The molecule has 2 rings (SSSR count). The summed E-state index contributed by atoms with van der Waals surface area (Å²) in [5.41, 5.74) is 0.774. The Balaban J connectivity index is 2.20. The van der Waals surface area contributed by atoms with Gasteiger partial charge in [0.05, 0.1) is 12.4 Å². The first kappa shape index (κ1) is 12.9. The van der Waals surface area contributed by atoms with E-state index in [1.165, 1.54) is 0 Å². The summed E-state index contributed by atoms with van der Waals surface area (Å²) in [5, 5.41) is 7.33. The van der Waals surface area contributed by atoms with Crippen molar-refractivity contribution < 1.29 is 0 Å². The first-order valence-electron chi connectivity index (χ1n) is 5.46. The minimum absolute atomic E-state index is 0.570. The Kier molecular flexibility index (Phi) is 4.23. The fourth-order valence-corrected chi connectivity index (χ4v) is 1.99. The lowest BCUT2D eigenvalue weighted by Crippen LogP contribution is -2.02. The number of nitrogens with one attached hydrogen (secondary N) is 2. The summed E-state index contributed by atoms with van der Waals surface area (Å²) in [4.78, 5) is 8.44. The Bertz CT molecular complexity index is 525. The van der Waals surface area contributed by atoms with E-state index in [2.05, 4.69) is 20.6 Å². The van der Waals surface area contributed by atoms with Crippen molar-refractivity contribution in [1.29, 1.82) is 0 Å². The van der Waals surface area contributed by atoms with Gasteiger partial charge in [-0.3, -0.25) is 4.98 Å². The van der Waals surface area contributed by atoms with Crippen LogP contribution in [0.1, 0.15) is 6.92 Å². The van der Waals surface area contributed by atoms with Crippen LogP contribution >= 0.6 is 23.2 Å². The molecule has 0 spiro atoms. The van der Waals surface area contributed by atoms with Gasteiger partial charge in [-0.25, -0.2) is 4.98 Å². The van der Waals surface area contributed by atoms with Crippen LogP contribution < -0.4 is 10.6 Å². The van der Waals surface area contributed by atoms with Gasteiger partial charge in [0.25, 0.3) is 0 Å². The van der Waals surface area contributed by atoms with Crippen molar-refractivity contribution in [3.8, 4) is 0 Å². The van der Waals surface area contributed by atoms with E-state index in [9.17, 15) is 0 Å². The summed E-state index contributed by atoms with van der Waals surface area (Å²) in [5.74, 6) is 1.35. The second-order valence-electron chi connectivity index (χ2n) is 3.60. The maximum Gasteiger partial charge on any atom is 0.151 e. The Morgan fingerprint density at radius 2 is 1.72 bits per heavy atom. The number of rotatable bonds is 4. The molecule has 0 unspecified atom stereocenters. The number of hydrogen-bond donors (Lipinski definition) is 2. The van der Waals surface area contributed by atoms with Crippen LogP contribution in [0.4, 0.5) is 17.3 Å². The monoisotopic (exact) mass is 282 g/mol. The number of nitrogens with zero attached hydrogens (tertiary/aromatic N) is 2. The molecular formula is C12H12Cl2N4. The molecule has 0 aliphatic carbocycles. The predicted molar refractivity (Wildman–Crippen MR) is 75.9 cm³/mol. The van der Waals surface area contributed by atoms with Crippen LogP contribution in [-0.2, 0) is 0 Å². The number of aromatic nitrogens is 2. The Labute approximate surface area is 115 Å². The molecule has 0 aliphatic heterocycles. The van der Waals surface area contributed by atoms with E-state index in [1.807, 2.05) is 6.92 Å². The third-order valence-electron chi connectivity index (χ3n) is 2.13. The van der Waals surface area contributed by atoms with Crippen LogP contribution in [0.25, 0.3) is 0 Å². The van der Waals surface area contributed by atoms with Crippen LogP contribution in [-0.4, -0.2) is 16.5 Å². The molecule has 0 amide bonds. The van der Waals surface area contributed by atoms with Crippen molar-refractivity contribution in [2.75, 3.05) is 17.2 Å². The third kappa shape index (κ3) is 3.48. The smallest absolute Gasteiger partial charge is 0.151 e. The van der Waals surface area contributed by atoms with E-state index >= 15 is 0 Å². The van der Waals surface area contributed by atoms with Crippen molar-refractivity contribution in [2.24, 2.45) is 0 Å². The summed E-state index contributed by atoms with van der Waals surface area (Å²) < 4.78 is 0. The number of halogens is 2. The highest BCUT2D eigenvalue weighted by molar-refractivity contribution is 6.35. The van der Waals surface area contributed by atoms with Crippen molar-refractivity contribution in [3.63, 3.8) is 0 Å². The van der Waals surface area contributed by atoms with Gasteiger partial charge in [-0.1, -0.05) is 23.2 Å². The van der Waals surface area contributed by atoms with Gasteiger partial charge < -0.3 is 10.6 Å². The fourth-order valence-electron chi connectivity index (χ4n) is 1.47. The molecule has 2 aromatic rings. The molecule has 2 N–H and O–H groups in total. The van der Waals surface area contributed by atoms with Crippen molar-refractivity contribution >= 4 is 40.5 Å². The molecule has 18 heavy (non-hydrogen) atoms. The minimum Gasteiger partial charge on any atom is -0.369 e. The van der Waals surface area contributed by atoms with Crippen molar-refractivity contribution in [1.82, 2.24) is 9.97 Å². The number of anilines is 3. The molecular weight excluding hydrogens is 271 g/mol. The van der Waals surface area contributed by atoms with Crippen molar-refractivity contribution in [3.05, 3.63) is 40.6 Å². The molecule has 4 nitrogen and oxygen atoms in total. The largest absolute Gasteiger partial charge is 0.369 e. The molecule has 1 aromatic heterocycles. The van der Waals surface area contributed by atoms with Gasteiger partial charge in [0, 0.05) is 22.3 Å². The lowest BCUT2D eigenvalue weighted by molar-refractivity contribution is 1.12. The minimum atomic E-state index is 0.570. The first-order valence-corrected chi connectivity index (χ1v) is 6.22. The van der Waals surface area contributed by atoms with E-state index < -0.39 is 0 Å². The van der Waals surface area contributed by atoms with E-state index in [0.29, 0.717) is 15.9 Å². The molecule has 1 heterocycles. The van der Waals surface area contributed by atoms with Crippen LogP contribution in [0.15, 0.2) is 30.6 Å². The van der Waals surface area contributed by atoms with E-state index in [4.69, 9.17) is 23.2 Å². The zero-order valence-electron chi connectivity index (χ0n) is 9.74. The van der Waals surface area contributed by atoms with Crippen LogP contribution in [0.5, 0.6) is 0 Å². The van der Waals surface area contributed by atoms with Gasteiger partial charge in [0.15, 0.2) is 5.82 Å². The third-order valence-corrected chi connectivity index (χ3v) is 2.56. The molecule has 0 aliphatic rings. The highest BCUT2D eigenvalue weighted by Gasteiger charge is 2.01. The second kappa shape index (κ2) is 5.89. The molecule has 6 heteroatoms. The van der Waals surface area contributed by atoms with Gasteiger partial charge in [-0.05, 0) is 25.1 Å². The quantitative estimate of drug-likeness (QED) is 0.891. The number of hydrogen-bond acceptors (Lipinski definition) is 4. The molecule has 0 bridgehead atoms. The summed E-state index contributed by atoms with van der Waals surface area (Å²) in [6, 6.07) is 5.22. The van der Waals surface area contributed by atoms with Gasteiger partial charge in [-0.2, -0.15) is 0 Å². The summed E-state index contributed by atoms with van der Waals surface area (Å²) in [6.07, 6.45) is 3.30. The standard InChI is InChI=1S/C12H12Cl2N4/c1-2-16-11-6-15-7-12(18-11)17-10-4-8(13)3-9(14)5-10/h3-7H,2H2,1H3,(H2,16,17,18). The summed E-state index contributed by atoms with van der Waals surface area (Å²) in [7, 11) is 0. The van der Waals surface area contributed by atoms with Crippen molar-refractivity contribution in [2.45, 2.75) is 6.92 Å². The van der Waals surface area contributed by atoms with Crippen LogP contribution in [0.3, 0.4) is 0 Å². The molecule has 0 fully saturated rings. The molecule has 1 aromatic carbocycles. The maximum atomic E-state index is 5.92. The topological polar surface area (TPSA) is 49.8 Å². The van der Waals surface area contributed by atoms with E-state index in [0.717, 1.165) is 18.1 Å². The molecule has 0 saturated carbocycles. The fraction of sp³-hybridized carbons (Fsp3) is 0.167. The normalized spacial score (nSPS) is 10.2. The van der Waals surface area contributed by atoms with Gasteiger partial charge >= 0.3 is 0 Å². The highest BCUT2D eigenvalue weighted by atomic mass is 35.5. The van der Waals surface area contributed by atoms with Gasteiger partial charge in [0.1, 0.15) is 5.82 Å². The Morgan fingerprint density at radius 1 is 1.06 bits per heavy atom. The lowest BCUT2D eigenvalue weighted by Gasteiger charge is -2.08. The molecule has 0 radical (unpaired) electrons. The van der Waals surface area contributed by atoms with E-state index in [1.54, 1.807) is 30.6 Å². The molecule has 0 saturated heterocycles. The van der Waals surface area contributed by atoms with E-state index in [-0.39, 0.29) is 0 Å². The summed E-state index contributed by atoms with van der Waals surface area (Å²) >= 11 is 11.8. The van der Waals surface area contributed by atoms with Gasteiger partial charge in [0.2, 0.25) is 0 Å².